The molecule has 0 aromatic heterocycles. The number of hydrogen-bond acceptors (Lipinski definition) is 3. The molecule has 0 aliphatic heterocycles. The second-order valence-corrected chi connectivity index (χ2v) is 6.05. The van der Waals surface area contributed by atoms with Gasteiger partial charge in [0, 0.05) is 21.7 Å². The highest BCUT2D eigenvalue weighted by Gasteiger charge is 2.14. The van der Waals surface area contributed by atoms with Gasteiger partial charge in [-0.25, -0.2) is 4.39 Å². The maximum absolute atomic E-state index is 13.8. The van der Waals surface area contributed by atoms with Gasteiger partial charge < -0.3 is 11.5 Å². The number of carbonyl (C=O) groups is 1. The Balaban J connectivity index is 2.33. The molecule has 4 N–H and O–H groups in total. The van der Waals surface area contributed by atoms with Crippen molar-refractivity contribution in [2.75, 3.05) is 5.73 Å². The van der Waals surface area contributed by atoms with Crippen LogP contribution in [-0.2, 0) is 16.6 Å². The zero-order chi connectivity index (χ0) is 15.6. The van der Waals surface area contributed by atoms with Crippen molar-refractivity contribution in [3.8, 4) is 0 Å². The van der Waals surface area contributed by atoms with E-state index in [0.717, 1.165) is 6.07 Å². The van der Waals surface area contributed by atoms with Gasteiger partial charge in [-0.3, -0.25) is 9.00 Å². The van der Waals surface area contributed by atoms with Crippen LogP contribution in [0, 0.1) is 12.7 Å². The summed E-state index contributed by atoms with van der Waals surface area (Å²) in [4.78, 5) is 11.7. The SMILES string of the molecule is Cc1c(N)cccc1S(=O)Cc1cc(C(N)=O)ccc1F. The third kappa shape index (κ3) is 3.28. The van der Waals surface area contributed by atoms with Crippen LogP contribution in [-0.4, -0.2) is 10.1 Å². The maximum Gasteiger partial charge on any atom is 0.248 e. The first-order valence-electron chi connectivity index (χ1n) is 6.22. The van der Waals surface area contributed by atoms with Crippen molar-refractivity contribution in [1.29, 1.82) is 0 Å². The molecule has 110 valence electrons. The molecule has 21 heavy (non-hydrogen) atoms. The first-order valence-corrected chi connectivity index (χ1v) is 7.53. The monoisotopic (exact) mass is 306 g/mol. The van der Waals surface area contributed by atoms with E-state index in [-0.39, 0.29) is 16.9 Å². The second kappa shape index (κ2) is 6.05. The van der Waals surface area contributed by atoms with E-state index >= 15 is 0 Å². The Morgan fingerprint density at radius 2 is 2.00 bits per heavy atom. The lowest BCUT2D eigenvalue weighted by molar-refractivity contribution is 0.1000. The van der Waals surface area contributed by atoms with E-state index in [9.17, 15) is 13.4 Å². The van der Waals surface area contributed by atoms with Gasteiger partial charge >= 0.3 is 0 Å². The molecule has 0 heterocycles. The lowest BCUT2D eigenvalue weighted by Gasteiger charge is -2.09. The van der Waals surface area contributed by atoms with Gasteiger partial charge in [0.05, 0.1) is 16.6 Å². The zero-order valence-electron chi connectivity index (χ0n) is 11.4. The highest BCUT2D eigenvalue weighted by atomic mass is 32.2. The van der Waals surface area contributed by atoms with E-state index in [1.165, 1.54) is 12.1 Å². The van der Waals surface area contributed by atoms with E-state index in [2.05, 4.69) is 0 Å². The van der Waals surface area contributed by atoms with Crippen molar-refractivity contribution in [3.05, 3.63) is 58.9 Å². The van der Waals surface area contributed by atoms with Gasteiger partial charge in [0.25, 0.3) is 0 Å². The van der Waals surface area contributed by atoms with Gasteiger partial charge in [0.15, 0.2) is 0 Å². The van der Waals surface area contributed by atoms with Gasteiger partial charge in [-0.1, -0.05) is 6.07 Å². The molecule has 1 unspecified atom stereocenters. The molecule has 6 heteroatoms. The highest BCUT2D eigenvalue weighted by molar-refractivity contribution is 7.84. The molecule has 0 radical (unpaired) electrons. The van der Waals surface area contributed by atoms with E-state index in [1.54, 1.807) is 25.1 Å². The Hall–Kier alpha value is -2.21. The van der Waals surface area contributed by atoms with E-state index in [4.69, 9.17) is 11.5 Å². The Kier molecular flexibility index (Phi) is 4.37. The van der Waals surface area contributed by atoms with Crippen LogP contribution in [0.25, 0.3) is 0 Å². The minimum absolute atomic E-state index is 0.0444. The molecule has 0 saturated carbocycles. The molecule has 2 rings (SSSR count). The highest BCUT2D eigenvalue weighted by Crippen LogP contribution is 2.22. The summed E-state index contributed by atoms with van der Waals surface area (Å²) in [6, 6.07) is 8.89. The van der Waals surface area contributed by atoms with Crippen LogP contribution >= 0.6 is 0 Å². The third-order valence-corrected chi connectivity index (χ3v) is 4.69. The molecule has 0 saturated heterocycles. The second-order valence-electron chi connectivity index (χ2n) is 4.63. The molecule has 0 bridgehead atoms. The quantitative estimate of drug-likeness (QED) is 0.848. The van der Waals surface area contributed by atoms with Crippen molar-refractivity contribution >= 4 is 22.4 Å². The molecule has 2 aromatic rings. The van der Waals surface area contributed by atoms with Crippen LogP contribution in [0.5, 0.6) is 0 Å². The number of halogens is 1. The standard InChI is InChI=1S/C15H15FN2O2S/c1-9-13(17)3-2-4-14(9)21(20)8-11-7-10(15(18)19)5-6-12(11)16/h2-7H,8,17H2,1H3,(H2,18,19). The Labute approximate surface area is 124 Å². The largest absolute Gasteiger partial charge is 0.398 e. The number of carbonyl (C=O) groups excluding carboxylic acids is 1. The molecular formula is C15H15FN2O2S. The summed E-state index contributed by atoms with van der Waals surface area (Å²) in [5.41, 5.74) is 12.6. The molecular weight excluding hydrogens is 291 g/mol. The normalized spacial score (nSPS) is 12.1. The van der Waals surface area contributed by atoms with Gasteiger partial charge in [-0.15, -0.1) is 0 Å². The number of benzene rings is 2. The summed E-state index contributed by atoms with van der Waals surface area (Å²) in [7, 11) is -1.46. The van der Waals surface area contributed by atoms with Crippen molar-refractivity contribution in [2.45, 2.75) is 17.6 Å². The summed E-state index contributed by atoms with van der Waals surface area (Å²) < 4.78 is 26.2. The third-order valence-electron chi connectivity index (χ3n) is 3.19. The molecule has 0 aliphatic carbocycles. The van der Waals surface area contributed by atoms with E-state index in [0.29, 0.717) is 16.1 Å². The fourth-order valence-corrected chi connectivity index (χ4v) is 3.28. The summed E-state index contributed by atoms with van der Waals surface area (Å²) in [5.74, 6) is -1.21. The topological polar surface area (TPSA) is 86.2 Å². The van der Waals surface area contributed by atoms with Crippen molar-refractivity contribution in [2.24, 2.45) is 5.73 Å². The first kappa shape index (κ1) is 15.2. The average molecular weight is 306 g/mol. The van der Waals surface area contributed by atoms with Gasteiger partial charge in [-0.2, -0.15) is 0 Å². The van der Waals surface area contributed by atoms with Crippen LogP contribution in [0.2, 0.25) is 0 Å². The molecule has 1 atom stereocenters. The lowest BCUT2D eigenvalue weighted by atomic mass is 10.1. The van der Waals surface area contributed by atoms with Crippen molar-refractivity contribution in [1.82, 2.24) is 0 Å². The van der Waals surface area contributed by atoms with Crippen molar-refractivity contribution in [3.63, 3.8) is 0 Å². The number of nitrogen functional groups attached to an aromatic ring is 1. The van der Waals surface area contributed by atoms with Crippen LogP contribution in [0.1, 0.15) is 21.5 Å². The van der Waals surface area contributed by atoms with Crippen LogP contribution in [0.15, 0.2) is 41.3 Å². The fourth-order valence-electron chi connectivity index (χ4n) is 1.94. The molecule has 0 aliphatic rings. The van der Waals surface area contributed by atoms with Gasteiger partial charge in [0.2, 0.25) is 5.91 Å². The zero-order valence-corrected chi connectivity index (χ0v) is 12.2. The van der Waals surface area contributed by atoms with E-state index in [1.807, 2.05) is 0 Å². The van der Waals surface area contributed by atoms with Crippen LogP contribution in [0.4, 0.5) is 10.1 Å². The number of hydrogen-bond donors (Lipinski definition) is 2. The maximum atomic E-state index is 13.8. The number of primary amides is 1. The number of anilines is 1. The fraction of sp³-hybridized carbons (Fsp3) is 0.133. The predicted octanol–water partition coefficient (Wildman–Crippen LogP) is 2.12. The molecule has 1 amide bonds. The van der Waals surface area contributed by atoms with Gasteiger partial charge in [-0.05, 0) is 42.8 Å². The number of amides is 1. The molecule has 4 nitrogen and oxygen atoms in total. The molecule has 0 fully saturated rings. The smallest absolute Gasteiger partial charge is 0.248 e. The van der Waals surface area contributed by atoms with Crippen LogP contribution < -0.4 is 11.5 Å². The minimum Gasteiger partial charge on any atom is -0.398 e. The molecule has 2 aromatic carbocycles. The summed E-state index contributed by atoms with van der Waals surface area (Å²) in [6.45, 7) is 1.76. The van der Waals surface area contributed by atoms with Crippen molar-refractivity contribution < 1.29 is 13.4 Å². The Bertz CT molecular complexity index is 732. The minimum atomic E-state index is -1.46. The summed E-state index contributed by atoms with van der Waals surface area (Å²) >= 11 is 0. The Morgan fingerprint density at radius 3 is 2.67 bits per heavy atom. The van der Waals surface area contributed by atoms with Crippen LogP contribution in [0.3, 0.4) is 0 Å². The first-order chi connectivity index (χ1) is 9.90. The Morgan fingerprint density at radius 1 is 1.29 bits per heavy atom. The average Bonchev–Trinajstić information content (AvgIpc) is 2.43. The van der Waals surface area contributed by atoms with E-state index < -0.39 is 22.5 Å². The number of nitrogens with two attached hydrogens (primary N) is 2. The predicted molar refractivity (Wildman–Crippen MR) is 80.6 cm³/mol. The summed E-state index contributed by atoms with van der Waals surface area (Å²) in [5, 5.41) is 0. The lowest BCUT2D eigenvalue weighted by Crippen LogP contribution is -2.12. The molecule has 0 spiro atoms. The van der Waals surface area contributed by atoms with Gasteiger partial charge in [0.1, 0.15) is 5.82 Å². The number of rotatable bonds is 4. The summed E-state index contributed by atoms with van der Waals surface area (Å²) in [6.07, 6.45) is 0.